The molecule has 2 N–H and O–H groups in total. The summed E-state index contributed by atoms with van der Waals surface area (Å²) in [5, 5.41) is 3.04. The van der Waals surface area contributed by atoms with E-state index in [9.17, 15) is 19.0 Å². The second-order valence-electron chi connectivity index (χ2n) is 21.9. The zero-order valence-electron chi connectivity index (χ0n) is 47.7. The van der Waals surface area contributed by atoms with Gasteiger partial charge in [-0.25, -0.2) is 4.57 Å². The van der Waals surface area contributed by atoms with E-state index in [2.05, 4.69) is 44.3 Å². The molecular weight excluding hydrogens is 904 g/mol. The molecule has 0 aromatic carbocycles. The van der Waals surface area contributed by atoms with Crippen molar-refractivity contribution in [1.29, 1.82) is 0 Å². The van der Waals surface area contributed by atoms with Crippen LogP contribution in [0, 0.1) is 0 Å². The lowest BCUT2D eigenvalue weighted by atomic mass is 10.0. The zero-order valence-corrected chi connectivity index (χ0v) is 48.6. The number of likely N-dealkylation sites (N-methyl/N-ethyl adjacent to an activating group) is 1. The number of allylic oxidation sites excluding steroid dienone is 5. The third-order valence-corrected chi connectivity index (χ3v) is 14.6. The van der Waals surface area contributed by atoms with Gasteiger partial charge in [-0.2, -0.15) is 0 Å². The first-order chi connectivity index (χ1) is 34.4. The third kappa shape index (κ3) is 52.9. The first-order valence-corrected chi connectivity index (χ1v) is 31.8. The Morgan fingerprint density at radius 2 is 0.873 bits per heavy atom. The summed E-state index contributed by atoms with van der Waals surface area (Å²) in [6.07, 6.45) is 61.5. The van der Waals surface area contributed by atoms with E-state index in [1.54, 1.807) is 0 Å². The minimum absolute atomic E-state index is 0.0351. The number of hydrogen-bond acceptors (Lipinski definition) is 6. The van der Waals surface area contributed by atoms with Crippen molar-refractivity contribution in [3.8, 4) is 0 Å². The summed E-state index contributed by atoms with van der Waals surface area (Å²) >= 11 is 0. The lowest BCUT2D eigenvalue weighted by Gasteiger charge is -2.27. The number of phosphoric ester groups is 1. The van der Waals surface area contributed by atoms with Gasteiger partial charge in [-0.15, -0.1) is 0 Å². The molecule has 418 valence electrons. The van der Waals surface area contributed by atoms with Crippen LogP contribution in [0.3, 0.4) is 0 Å². The van der Waals surface area contributed by atoms with Crippen molar-refractivity contribution in [3.63, 3.8) is 0 Å². The van der Waals surface area contributed by atoms with Gasteiger partial charge in [-0.1, -0.05) is 263 Å². The van der Waals surface area contributed by atoms with Gasteiger partial charge in [-0.05, 0) is 51.0 Å². The maximum absolute atomic E-state index is 13.5. The van der Waals surface area contributed by atoms with Gasteiger partial charge in [-0.3, -0.25) is 18.6 Å². The van der Waals surface area contributed by atoms with Crippen molar-refractivity contribution in [2.45, 2.75) is 303 Å². The highest BCUT2D eigenvalue weighted by molar-refractivity contribution is 7.47. The first-order valence-electron chi connectivity index (χ1n) is 30.3. The molecule has 3 atom stereocenters. The number of unbranched alkanes of at least 4 members (excludes halogenated alkanes) is 35. The third-order valence-electron chi connectivity index (χ3n) is 13.6. The predicted octanol–water partition coefficient (Wildman–Crippen LogP) is 18.3. The second kappa shape index (κ2) is 51.7. The summed E-state index contributed by atoms with van der Waals surface area (Å²) in [6, 6.07) is -0.866. The van der Waals surface area contributed by atoms with E-state index in [1.807, 2.05) is 39.4 Å². The van der Waals surface area contributed by atoms with Gasteiger partial charge < -0.3 is 19.4 Å². The zero-order chi connectivity index (χ0) is 52.2. The molecule has 10 heteroatoms. The number of amides is 1. The molecule has 0 aromatic rings. The highest BCUT2D eigenvalue weighted by atomic mass is 31.2. The normalized spacial score (nSPS) is 14.0. The Hall–Kier alpha value is -1.77. The van der Waals surface area contributed by atoms with Crippen LogP contribution in [0.1, 0.15) is 290 Å². The average molecular weight is 1020 g/mol. The number of nitrogens with zero attached hydrogens (tertiary/aromatic N) is 1. The number of ether oxygens (including phenoxy) is 1. The van der Waals surface area contributed by atoms with Gasteiger partial charge in [0.25, 0.3) is 0 Å². The highest BCUT2D eigenvalue weighted by Crippen LogP contribution is 2.43. The molecule has 0 bridgehead atoms. The van der Waals surface area contributed by atoms with E-state index in [0.29, 0.717) is 23.9 Å². The molecule has 0 rings (SSSR count). The quantitative estimate of drug-likeness (QED) is 0.0205. The van der Waals surface area contributed by atoms with Crippen LogP contribution in [0.2, 0.25) is 0 Å². The van der Waals surface area contributed by atoms with Crippen LogP contribution >= 0.6 is 7.82 Å². The van der Waals surface area contributed by atoms with Crippen molar-refractivity contribution in [3.05, 3.63) is 36.5 Å². The Balaban J connectivity index is 5.31. The SMILES string of the molecule is CCCCCCCC/C=C\C/C=C/CCC(=O)OC(/C=C/CCCCCCCCCCCCC)C(COP(=O)(O)OCC[N+](C)(C)C)NC(=O)CCCCCCCCCCCCCCCCCCCCC. The fourth-order valence-electron chi connectivity index (χ4n) is 8.88. The molecule has 0 aliphatic rings. The standard InChI is InChI=1S/C61H117N2O7P/c1-7-10-13-16-19-22-25-28-29-30-31-32-33-36-38-41-44-47-50-53-60(64)62-58(57-69-71(66,67)68-56-55-63(4,5)6)59(52-49-46-43-40-37-34-26-23-20-17-14-11-8-2)70-61(65)54-51-48-45-42-39-35-27-24-21-18-15-12-9-3/h35,39,45,48-49,52,58-59H,7-34,36-38,40-44,46-47,50-51,53-57H2,1-6H3,(H-,62,64,66,67)/p+1/b39-35-,48-45+,52-49+. The average Bonchev–Trinajstić information content (AvgIpc) is 3.33. The molecule has 0 aromatic heterocycles. The van der Waals surface area contributed by atoms with E-state index in [1.165, 1.54) is 199 Å². The summed E-state index contributed by atoms with van der Waals surface area (Å²) in [4.78, 5) is 37.6. The molecule has 0 aliphatic heterocycles. The number of rotatable bonds is 55. The van der Waals surface area contributed by atoms with Crippen molar-refractivity contribution in [2.75, 3.05) is 40.9 Å². The molecule has 1 amide bonds. The van der Waals surface area contributed by atoms with Crippen molar-refractivity contribution < 1.29 is 37.3 Å². The Kier molecular flexibility index (Phi) is 50.4. The molecular formula is C61H118N2O7P+. The minimum Gasteiger partial charge on any atom is -0.456 e. The van der Waals surface area contributed by atoms with Gasteiger partial charge in [0.2, 0.25) is 5.91 Å². The van der Waals surface area contributed by atoms with E-state index in [4.69, 9.17) is 13.8 Å². The van der Waals surface area contributed by atoms with Crippen LogP contribution in [0.15, 0.2) is 36.5 Å². The monoisotopic (exact) mass is 1020 g/mol. The largest absolute Gasteiger partial charge is 0.472 e. The minimum atomic E-state index is -4.45. The van der Waals surface area contributed by atoms with Gasteiger partial charge in [0.05, 0.1) is 33.8 Å². The lowest BCUT2D eigenvalue weighted by Crippen LogP contribution is -2.47. The van der Waals surface area contributed by atoms with Crippen LogP contribution in [0.25, 0.3) is 0 Å². The van der Waals surface area contributed by atoms with Crippen LogP contribution in [-0.2, 0) is 27.9 Å². The molecule has 9 nitrogen and oxygen atoms in total. The van der Waals surface area contributed by atoms with Crippen molar-refractivity contribution in [1.82, 2.24) is 5.32 Å². The molecule has 0 saturated carbocycles. The van der Waals surface area contributed by atoms with E-state index >= 15 is 0 Å². The van der Waals surface area contributed by atoms with E-state index < -0.39 is 20.0 Å². The number of nitrogens with one attached hydrogen (secondary N) is 1. The fraction of sp³-hybridized carbons (Fsp3) is 0.869. The van der Waals surface area contributed by atoms with Gasteiger partial charge in [0.15, 0.2) is 0 Å². The summed E-state index contributed by atoms with van der Waals surface area (Å²) in [7, 11) is 1.48. The molecule has 0 fully saturated rings. The number of esters is 1. The Morgan fingerprint density at radius 3 is 1.30 bits per heavy atom. The predicted molar refractivity (Wildman–Crippen MR) is 305 cm³/mol. The number of quaternary nitrogens is 1. The van der Waals surface area contributed by atoms with Crippen LogP contribution in [0.5, 0.6) is 0 Å². The molecule has 0 spiro atoms. The van der Waals surface area contributed by atoms with Gasteiger partial charge in [0, 0.05) is 12.8 Å². The Labute approximate surface area is 440 Å². The molecule has 0 heterocycles. The highest BCUT2D eigenvalue weighted by Gasteiger charge is 2.30. The summed E-state index contributed by atoms with van der Waals surface area (Å²) in [5.41, 5.74) is 0. The van der Waals surface area contributed by atoms with Crippen molar-refractivity contribution >= 4 is 19.7 Å². The fourth-order valence-corrected chi connectivity index (χ4v) is 9.61. The summed E-state index contributed by atoms with van der Waals surface area (Å²) in [5.74, 6) is -0.571. The molecule has 0 radical (unpaired) electrons. The van der Waals surface area contributed by atoms with Gasteiger partial charge >= 0.3 is 13.8 Å². The van der Waals surface area contributed by atoms with Crippen LogP contribution < -0.4 is 5.32 Å². The number of hydrogen-bond donors (Lipinski definition) is 2. The van der Waals surface area contributed by atoms with E-state index in [-0.39, 0.29) is 31.5 Å². The smallest absolute Gasteiger partial charge is 0.456 e. The number of carbonyl (C=O) groups excluding carboxylic acids is 2. The Bertz CT molecular complexity index is 1310. The molecule has 0 saturated heterocycles. The topological polar surface area (TPSA) is 111 Å². The van der Waals surface area contributed by atoms with Gasteiger partial charge in [0.1, 0.15) is 19.3 Å². The first kappa shape index (κ1) is 69.2. The van der Waals surface area contributed by atoms with Crippen LogP contribution in [0.4, 0.5) is 0 Å². The second-order valence-corrected chi connectivity index (χ2v) is 23.3. The summed E-state index contributed by atoms with van der Waals surface area (Å²) < 4.78 is 30.6. The summed E-state index contributed by atoms with van der Waals surface area (Å²) in [6.45, 7) is 7.00. The number of carbonyl (C=O) groups is 2. The molecule has 3 unspecified atom stereocenters. The Morgan fingerprint density at radius 1 is 0.493 bits per heavy atom. The lowest BCUT2D eigenvalue weighted by molar-refractivity contribution is -0.870. The van der Waals surface area contributed by atoms with Crippen LogP contribution in [-0.4, -0.2) is 74.3 Å². The van der Waals surface area contributed by atoms with E-state index in [0.717, 1.165) is 51.4 Å². The maximum Gasteiger partial charge on any atom is 0.472 e. The molecule has 71 heavy (non-hydrogen) atoms. The maximum atomic E-state index is 13.5. The number of phosphoric acid groups is 1. The molecule has 0 aliphatic carbocycles. The van der Waals surface area contributed by atoms with Crippen molar-refractivity contribution in [2.24, 2.45) is 0 Å².